The van der Waals surface area contributed by atoms with Crippen LogP contribution in [0.1, 0.15) is 25.1 Å². The number of nitrogens with one attached hydrogen (secondary N) is 1. The molecule has 0 fully saturated rings. The van der Waals surface area contributed by atoms with E-state index >= 15 is 0 Å². The topological polar surface area (TPSA) is 76.9 Å². The van der Waals surface area contributed by atoms with E-state index in [4.69, 9.17) is 11.6 Å². The van der Waals surface area contributed by atoms with Crippen molar-refractivity contribution in [2.75, 3.05) is 4.72 Å². The van der Waals surface area contributed by atoms with Crippen molar-refractivity contribution in [3.8, 4) is 11.4 Å². The number of halogens is 1. The van der Waals surface area contributed by atoms with Crippen molar-refractivity contribution in [2.45, 2.75) is 37.1 Å². The number of hydrogen-bond acceptors (Lipinski definition) is 4. The van der Waals surface area contributed by atoms with E-state index in [9.17, 15) is 8.42 Å². The predicted octanol–water partition coefficient (Wildman–Crippen LogP) is 4.13. The third-order valence-corrected chi connectivity index (χ3v) is 6.20. The van der Waals surface area contributed by atoms with Crippen LogP contribution in [-0.4, -0.2) is 23.2 Å². The number of aromatic nitrogens is 3. The highest BCUT2D eigenvalue weighted by Crippen LogP contribution is 2.26. The lowest BCUT2D eigenvalue weighted by molar-refractivity contribution is 0.601. The first-order chi connectivity index (χ1) is 13.0. The molecular weight excluding hydrogens is 384 g/mol. The lowest BCUT2D eigenvalue weighted by Gasteiger charge is -2.11. The molecule has 0 aliphatic carbocycles. The number of rotatable bonds is 4. The second-order valence-corrected chi connectivity index (χ2v) is 8.66. The van der Waals surface area contributed by atoms with Crippen LogP contribution in [0, 0.1) is 0 Å². The third-order valence-electron chi connectivity index (χ3n) is 4.59. The number of benzene rings is 2. The van der Waals surface area contributed by atoms with Gasteiger partial charge in [0.15, 0.2) is 5.82 Å². The molecule has 8 heteroatoms. The molecule has 27 heavy (non-hydrogen) atoms. The Kier molecular flexibility index (Phi) is 4.88. The van der Waals surface area contributed by atoms with Crippen molar-refractivity contribution >= 4 is 27.3 Å². The highest BCUT2D eigenvalue weighted by atomic mass is 35.5. The fraction of sp³-hybridized carbons (Fsp3) is 0.263. The molecule has 0 saturated carbocycles. The minimum Gasteiger partial charge on any atom is -0.311 e. The average molecular weight is 403 g/mol. The fourth-order valence-electron chi connectivity index (χ4n) is 3.27. The Morgan fingerprint density at radius 3 is 2.70 bits per heavy atom. The number of hydrogen-bond donors (Lipinski definition) is 1. The van der Waals surface area contributed by atoms with Crippen molar-refractivity contribution < 1.29 is 8.42 Å². The van der Waals surface area contributed by atoms with Crippen LogP contribution in [0.25, 0.3) is 11.4 Å². The van der Waals surface area contributed by atoms with Crippen LogP contribution in [0.2, 0.25) is 5.02 Å². The second kappa shape index (κ2) is 7.32. The molecule has 1 aromatic heterocycles. The zero-order valence-corrected chi connectivity index (χ0v) is 16.2. The van der Waals surface area contributed by atoms with E-state index in [2.05, 4.69) is 19.5 Å². The van der Waals surface area contributed by atoms with E-state index < -0.39 is 10.0 Å². The first-order valence-corrected chi connectivity index (χ1v) is 10.7. The van der Waals surface area contributed by atoms with Crippen LogP contribution in [0.4, 0.5) is 5.69 Å². The van der Waals surface area contributed by atoms with Gasteiger partial charge in [-0.2, -0.15) is 0 Å². The normalized spacial score (nSPS) is 14.4. The molecule has 140 valence electrons. The van der Waals surface area contributed by atoms with Gasteiger partial charge >= 0.3 is 0 Å². The van der Waals surface area contributed by atoms with Crippen molar-refractivity contribution in [3.63, 3.8) is 0 Å². The Hall–Kier alpha value is -2.38. The van der Waals surface area contributed by atoms with Gasteiger partial charge in [-0.05, 0) is 43.2 Å². The van der Waals surface area contributed by atoms with Crippen molar-refractivity contribution in [3.05, 3.63) is 59.4 Å². The van der Waals surface area contributed by atoms with E-state index in [1.165, 1.54) is 18.6 Å². The van der Waals surface area contributed by atoms with Crippen LogP contribution >= 0.6 is 11.6 Å². The maximum atomic E-state index is 12.6. The number of nitrogens with zero attached hydrogens (tertiary/aromatic N) is 3. The highest BCUT2D eigenvalue weighted by molar-refractivity contribution is 7.92. The maximum Gasteiger partial charge on any atom is 0.261 e. The summed E-state index contributed by atoms with van der Waals surface area (Å²) in [5, 5.41) is 9.02. The Morgan fingerprint density at radius 1 is 1.00 bits per heavy atom. The molecule has 2 heterocycles. The number of fused-ring (bicyclic) bond motifs is 1. The molecule has 0 bridgehead atoms. The monoisotopic (exact) mass is 402 g/mol. The van der Waals surface area contributed by atoms with Gasteiger partial charge in [-0.25, -0.2) is 8.42 Å². The molecule has 0 unspecified atom stereocenters. The fourth-order valence-corrected chi connectivity index (χ4v) is 4.62. The molecule has 0 amide bonds. The highest BCUT2D eigenvalue weighted by Gasteiger charge is 2.18. The van der Waals surface area contributed by atoms with Crippen LogP contribution in [-0.2, 0) is 23.0 Å². The summed E-state index contributed by atoms with van der Waals surface area (Å²) in [6, 6.07) is 13.4. The average Bonchev–Trinajstić information content (AvgIpc) is 2.90. The van der Waals surface area contributed by atoms with Gasteiger partial charge in [0.1, 0.15) is 5.82 Å². The standard InChI is InChI=1S/C19H19ClN4O2S/c20-15-7-5-9-17(13-15)27(25,26)23-16-8-4-6-14(12-16)19-22-21-18-10-2-1-3-11-24(18)19/h4-9,12-13,23H,1-3,10-11H2. The third kappa shape index (κ3) is 3.84. The molecule has 4 rings (SSSR count). The molecule has 2 aromatic carbocycles. The van der Waals surface area contributed by atoms with Gasteiger partial charge in [0, 0.05) is 29.2 Å². The Bertz CT molecular complexity index is 1080. The van der Waals surface area contributed by atoms with Gasteiger partial charge in [0.05, 0.1) is 4.90 Å². The summed E-state index contributed by atoms with van der Waals surface area (Å²) < 4.78 is 30.0. The van der Waals surface area contributed by atoms with Crippen LogP contribution in [0.15, 0.2) is 53.4 Å². The summed E-state index contributed by atoms with van der Waals surface area (Å²) >= 11 is 5.92. The van der Waals surface area contributed by atoms with E-state index in [1.807, 2.05) is 12.1 Å². The number of anilines is 1. The van der Waals surface area contributed by atoms with Crippen molar-refractivity contribution in [1.29, 1.82) is 0 Å². The van der Waals surface area contributed by atoms with Crippen LogP contribution in [0.3, 0.4) is 0 Å². The van der Waals surface area contributed by atoms with Gasteiger partial charge in [-0.1, -0.05) is 36.2 Å². The molecular formula is C19H19ClN4O2S. The molecule has 6 nitrogen and oxygen atoms in total. The Balaban J connectivity index is 1.65. The number of sulfonamides is 1. The lowest BCUT2D eigenvalue weighted by Crippen LogP contribution is -2.13. The van der Waals surface area contributed by atoms with Gasteiger partial charge in [-0.15, -0.1) is 10.2 Å². The summed E-state index contributed by atoms with van der Waals surface area (Å²) in [5.74, 6) is 1.77. The molecule has 0 atom stereocenters. The quantitative estimate of drug-likeness (QED) is 0.711. The first-order valence-electron chi connectivity index (χ1n) is 8.84. The SMILES string of the molecule is O=S(=O)(Nc1cccc(-c2nnc3n2CCCCC3)c1)c1cccc(Cl)c1. The Labute approximate surface area is 163 Å². The summed E-state index contributed by atoms with van der Waals surface area (Å²) in [6.07, 6.45) is 4.33. The predicted molar refractivity (Wildman–Crippen MR) is 105 cm³/mol. The summed E-state index contributed by atoms with van der Waals surface area (Å²) in [7, 11) is -3.72. The van der Waals surface area contributed by atoms with Gasteiger partial charge in [0.25, 0.3) is 10.0 Å². The molecule has 0 radical (unpaired) electrons. The summed E-state index contributed by atoms with van der Waals surface area (Å²) in [4.78, 5) is 0.122. The van der Waals surface area contributed by atoms with E-state index in [-0.39, 0.29) is 4.90 Å². The zero-order valence-electron chi connectivity index (χ0n) is 14.6. The molecule has 1 aliphatic rings. The smallest absolute Gasteiger partial charge is 0.261 e. The van der Waals surface area contributed by atoms with Crippen LogP contribution < -0.4 is 4.72 Å². The maximum absolute atomic E-state index is 12.6. The zero-order chi connectivity index (χ0) is 18.9. The van der Waals surface area contributed by atoms with Crippen LogP contribution in [0.5, 0.6) is 0 Å². The van der Waals surface area contributed by atoms with Gasteiger partial charge < -0.3 is 4.57 Å². The molecule has 3 aromatic rings. The largest absolute Gasteiger partial charge is 0.311 e. The molecule has 0 spiro atoms. The lowest BCUT2D eigenvalue weighted by atomic mass is 10.2. The van der Waals surface area contributed by atoms with Gasteiger partial charge in [0.2, 0.25) is 0 Å². The van der Waals surface area contributed by atoms with E-state index in [0.717, 1.165) is 43.0 Å². The first kappa shape index (κ1) is 18.0. The van der Waals surface area contributed by atoms with Gasteiger partial charge in [-0.3, -0.25) is 4.72 Å². The summed E-state index contributed by atoms with van der Waals surface area (Å²) in [5.41, 5.74) is 1.31. The van der Waals surface area contributed by atoms with E-state index in [0.29, 0.717) is 10.7 Å². The van der Waals surface area contributed by atoms with E-state index in [1.54, 1.807) is 24.3 Å². The second-order valence-electron chi connectivity index (χ2n) is 6.55. The molecule has 0 saturated heterocycles. The minimum absolute atomic E-state index is 0.122. The Morgan fingerprint density at radius 2 is 1.85 bits per heavy atom. The molecule has 1 N–H and O–H groups in total. The molecule has 1 aliphatic heterocycles. The minimum atomic E-state index is -3.72. The van der Waals surface area contributed by atoms with Crippen molar-refractivity contribution in [1.82, 2.24) is 14.8 Å². The number of aryl methyl sites for hydroxylation is 1. The summed E-state index contributed by atoms with van der Waals surface area (Å²) in [6.45, 7) is 0.885. The van der Waals surface area contributed by atoms with Crippen molar-refractivity contribution in [2.24, 2.45) is 0 Å².